The first-order valence-corrected chi connectivity index (χ1v) is 8.47. The average molecular weight is 364 g/mol. The summed E-state index contributed by atoms with van der Waals surface area (Å²) in [4.78, 5) is 11.7. The van der Waals surface area contributed by atoms with Crippen molar-refractivity contribution in [3.8, 4) is 17.2 Å². The lowest BCUT2D eigenvalue weighted by atomic mass is 10.3. The zero-order chi connectivity index (χ0) is 17.9. The molecular weight excluding hydrogens is 342 g/mol. The smallest absolute Gasteiger partial charge is 0.220 e. The number of ether oxygens (including phenoxy) is 3. The molecule has 6 heteroatoms. The Kier molecular flexibility index (Phi) is 7.92. The van der Waals surface area contributed by atoms with E-state index in [2.05, 4.69) is 5.32 Å². The van der Waals surface area contributed by atoms with E-state index in [0.29, 0.717) is 37.6 Å². The molecular formula is C19H22ClNO4. The molecule has 0 aliphatic carbocycles. The van der Waals surface area contributed by atoms with E-state index in [-0.39, 0.29) is 5.91 Å². The van der Waals surface area contributed by atoms with Gasteiger partial charge in [-0.25, -0.2) is 0 Å². The molecule has 0 radical (unpaired) electrons. The van der Waals surface area contributed by atoms with Crippen molar-refractivity contribution in [2.24, 2.45) is 0 Å². The summed E-state index contributed by atoms with van der Waals surface area (Å²) in [6, 6.07) is 14.5. The summed E-state index contributed by atoms with van der Waals surface area (Å²) in [6.45, 7) is 1.36. The van der Waals surface area contributed by atoms with Crippen LogP contribution in [0.3, 0.4) is 0 Å². The second-order valence-corrected chi connectivity index (χ2v) is 5.72. The number of benzene rings is 2. The fourth-order valence-electron chi connectivity index (χ4n) is 2.07. The summed E-state index contributed by atoms with van der Waals surface area (Å²) in [5.74, 6) is 2.25. The summed E-state index contributed by atoms with van der Waals surface area (Å²) < 4.78 is 16.2. The molecule has 134 valence electrons. The lowest BCUT2D eigenvalue weighted by Gasteiger charge is -2.09. The van der Waals surface area contributed by atoms with E-state index in [0.717, 1.165) is 17.2 Å². The Morgan fingerprint density at radius 2 is 1.48 bits per heavy atom. The molecule has 2 aromatic rings. The molecule has 2 rings (SSSR count). The van der Waals surface area contributed by atoms with E-state index in [9.17, 15) is 4.79 Å². The van der Waals surface area contributed by atoms with Gasteiger partial charge in [-0.1, -0.05) is 11.6 Å². The number of carbonyl (C=O) groups excluding carboxylic acids is 1. The molecule has 0 atom stereocenters. The summed E-state index contributed by atoms with van der Waals surface area (Å²) >= 11 is 5.80. The van der Waals surface area contributed by atoms with E-state index in [1.807, 2.05) is 24.3 Å². The summed E-state index contributed by atoms with van der Waals surface area (Å²) in [7, 11) is 1.62. The zero-order valence-corrected chi connectivity index (χ0v) is 14.9. The fraction of sp³-hybridized carbons (Fsp3) is 0.316. The maximum Gasteiger partial charge on any atom is 0.220 e. The number of hydrogen-bond donors (Lipinski definition) is 1. The highest BCUT2D eigenvalue weighted by Gasteiger charge is 2.02. The highest BCUT2D eigenvalue weighted by molar-refractivity contribution is 6.30. The zero-order valence-electron chi connectivity index (χ0n) is 14.2. The molecule has 0 fully saturated rings. The van der Waals surface area contributed by atoms with Gasteiger partial charge in [-0.15, -0.1) is 0 Å². The quantitative estimate of drug-likeness (QED) is 0.654. The Morgan fingerprint density at radius 1 is 0.920 bits per heavy atom. The lowest BCUT2D eigenvalue weighted by Crippen LogP contribution is -2.28. The van der Waals surface area contributed by atoms with E-state index in [4.69, 9.17) is 25.8 Å². The van der Waals surface area contributed by atoms with Crippen LogP contribution >= 0.6 is 11.6 Å². The fourth-order valence-corrected chi connectivity index (χ4v) is 2.20. The molecule has 0 saturated carbocycles. The van der Waals surface area contributed by atoms with Crippen LogP contribution in [0.2, 0.25) is 5.02 Å². The van der Waals surface area contributed by atoms with Crippen molar-refractivity contribution in [2.75, 3.05) is 26.9 Å². The van der Waals surface area contributed by atoms with Crippen LogP contribution in [0.4, 0.5) is 0 Å². The lowest BCUT2D eigenvalue weighted by molar-refractivity contribution is -0.121. The third-order valence-corrected chi connectivity index (χ3v) is 3.63. The molecule has 1 amide bonds. The first kappa shape index (κ1) is 18.9. The summed E-state index contributed by atoms with van der Waals surface area (Å²) in [5, 5.41) is 3.49. The first-order chi connectivity index (χ1) is 12.2. The van der Waals surface area contributed by atoms with Crippen molar-refractivity contribution in [3.63, 3.8) is 0 Å². The second-order valence-electron chi connectivity index (χ2n) is 5.28. The Hall–Kier alpha value is -2.40. The van der Waals surface area contributed by atoms with Gasteiger partial charge in [0.25, 0.3) is 0 Å². The maximum atomic E-state index is 11.7. The Balaban J connectivity index is 1.52. The minimum absolute atomic E-state index is 0.0157. The van der Waals surface area contributed by atoms with Gasteiger partial charge >= 0.3 is 0 Å². The standard InChI is InChI=1S/C19H22ClNO4/c1-23-16-8-10-18(11-9-16)25-14-12-21-19(22)3-2-13-24-17-6-4-15(20)5-7-17/h4-11H,2-3,12-14H2,1H3,(H,21,22). The van der Waals surface area contributed by atoms with E-state index < -0.39 is 0 Å². The molecule has 0 aromatic heterocycles. The molecule has 2 aromatic carbocycles. The SMILES string of the molecule is COc1ccc(OCCNC(=O)CCCOc2ccc(Cl)cc2)cc1. The first-order valence-electron chi connectivity index (χ1n) is 8.09. The van der Waals surface area contributed by atoms with Crippen LogP contribution in [-0.4, -0.2) is 32.8 Å². The van der Waals surface area contributed by atoms with Gasteiger partial charge in [0.1, 0.15) is 23.9 Å². The number of halogens is 1. The Labute approximate surface area is 152 Å². The van der Waals surface area contributed by atoms with Gasteiger partial charge in [0.15, 0.2) is 0 Å². The van der Waals surface area contributed by atoms with Crippen molar-refractivity contribution < 1.29 is 19.0 Å². The van der Waals surface area contributed by atoms with Crippen LogP contribution < -0.4 is 19.5 Å². The molecule has 0 aliphatic rings. The van der Waals surface area contributed by atoms with Crippen LogP contribution in [0.1, 0.15) is 12.8 Å². The van der Waals surface area contributed by atoms with Crippen molar-refractivity contribution >= 4 is 17.5 Å². The molecule has 0 saturated heterocycles. The molecule has 0 aliphatic heterocycles. The number of methoxy groups -OCH3 is 1. The number of nitrogens with one attached hydrogen (secondary N) is 1. The highest BCUT2D eigenvalue weighted by atomic mass is 35.5. The second kappa shape index (κ2) is 10.5. The Bertz CT molecular complexity index is 643. The van der Waals surface area contributed by atoms with E-state index in [1.54, 1.807) is 31.4 Å². The van der Waals surface area contributed by atoms with Gasteiger partial charge < -0.3 is 19.5 Å². The molecule has 1 N–H and O–H groups in total. The minimum Gasteiger partial charge on any atom is -0.497 e. The maximum absolute atomic E-state index is 11.7. The molecule has 5 nitrogen and oxygen atoms in total. The van der Waals surface area contributed by atoms with Gasteiger partial charge in [-0.2, -0.15) is 0 Å². The Morgan fingerprint density at radius 3 is 2.12 bits per heavy atom. The predicted molar refractivity (Wildman–Crippen MR) is 97.7 cm³/mol. The highest BCUT2D eigenvalue weighted by Crippen LogP contribution is 2.17. The number of amides is 1. The van der Waals surface area contributed by atoms with Crippen molar-refractivity contribution in [3.05, 3.63) is 53.6 Å². The molecule has 25 heavy (non-hydrogen) atoms. The van der Waals surface area contributed by atoms with Crippen LogP contribution in [-0.2, 0) is 4.79 Å². The van der Waals surface area contributed by atoms with Crippen LogP contribution in [0.15, 0.2) is 48.5 Å². The van der Waals surface area contributed by atoms with Crippen molar-refractivity contribution in [2.45, 2.75) is 12.8 Å². The van der Waals surface area contributed by atoms with Crippen LogP contribution in [0.5, 0.6) is 17.2 Å². The number of hydrogen-bond acceptors (Lipinski definition) is 4. The third-order valence-electron chi connectivity index (χ3n) is 3.38. The van der Waals surface area contributed by atoms with Crippen molar-refractivity contribution in [1.82, 2.24) is 5.32 Å². The normalized spacial score (nSPS) is 10.2. The molecule has 0 heterocycles. The van der Waals surface area contributed by atoms with E-state index >= 15 is 0 Å². The predicted octanol–water partition coefficient (Wildman–Crippen LogP) is 3.70. The topological polar surface area (TPSA) is 56.8 Å². The number of carbonyl (C=O) groups is 1. The van der Waals surface area contributed by atoms with Gasteiger partial charge in [0, 0.05) is 11.4 Å². The minimum atomic E-state index is -0.0157. The van der Waals surface area contributed by atoms with Crippen LogP contribution in [0, 0.1) is 0 Å². The van der Waals surface area contributed by atoms with E-state index in [1.165, 1.54) is 0 Å². The number of rotatable bonds is 10. The molecule has 0 unspecified atom stereocenters. The summed E-state index contributed by atoms with van der Waals surface area (Å²) in [5.41, 5.74) is 0. The molecule has 0 bridgehead atoms. The summed E-state index contributed by atoms with van der Waals surface area (Å²) in [6.07, 6.45) is 1.06. The molecule has 0 spiro atoms. The van der Waals surface area contributed by atoms with Gasteiger partial charge in [-0.05, 0) is 55.0 Å². The average Bonchev–Trinajstić information content (AvgIpc) is 2.64. The van der Waals surface area contributed by atoms with Crippen molar-refractivity contribution in [1.29, 1.82) is 0 Å². The van der Waals surface area contributed by atoms with Crippen LogP contribution in [0.25, 0.3) is 0 Å². The monoisotopic (exact) mass is 363 g/mol. The van der Waals surface area contributed by atoms with Gasteiger partial charge in [-0.3, -0.25) is 4.79 Å². The largest absolute Gasteiger partial charge is 0.497 e. The van der Waals surface area contributed by atoms with Gasteiger partial charge in [0.05, 0.1) is 20.3 Å². The van der Waals surface area contributed by atoms with Gasteiger partial charge in [0.2, 0.25) is 5.91 Å². The third kappa shape index (κ3) is 7.35.